The molecule has 0 unspecified atom stereocenters. The fourth-order valence-corrected chi connectivity index (χ4v) is 2.48. The second-order valence-corrected chi connectivity index (χ2v) is 5.29. The van der Waals surface area contributed by atoms with E-state index in [1.54, 1.807) is 17.1 Å². The largest absolute Gasteiger partial charge is 0.423 e. The van der Waals surface area contributed by atoms with Crippen molar-refractivity contribution in [2.45, 2.75) is 5.33 Å². The third kappa shape index (κ3) is 3.25. The summed E-state index contributed by atoms with van der Waals surface area (Å²) in [6, 6.07) is 15.5. The quantitative estimate of drug-likeness (QED) is 0.635. The summed E-state index contributed by atoms with van der Waals surface area (Å²) in [7, 11) is 0. The van der Waals surface area contributed by atoms with E-state index >= 15 is 0 Å². The first kappa shape index (κ1) is 14.1. The average molecular weight is 365 g/mol. The van der Waals surface area contributed by atoms with E-state index in [1.165, 1.54) is 0 Å². The van der Waals surface area contributed by atoms with E-state index in [9.17, 15) is 0 Å². The molecule has 3 rings (SSSR count). The zero-order chi connectivity index (χ0) is 14.7. The summed E-state index contributed by atoms with van der Waals surface area (Å²) in [5, 5.41) is 5.62. The molecule has 3 aromatic rings. The van der Waals surface area contributed by atoms with Crippen LogP contribution in [0.2, 0.25) is 5.02 Å². The smallest absolute Gasteiger partial charge is 0.341 e. The summed E-state index contributed by atoms with van der Waals surface area (Å²) in [6.45, 7) is 0. The number of rotatable bonds is 4. The van der Waals surface area contributed by atoms with Gasteiger partial charge in [-0.2, -0.15) is 4.98 Å². The van der Waals surface area contributed by atoms with Gasteiger partial charge in [0.25, 0.3) is 0 Å². The summed E-state index contributed by atoms with van der Waals surface area (Å²) >= 11 is 9.38. The van der Waals surface area contributed by atoms with Crippen LogP contribution in [0.4, 0.5) is 0 Å². The number of nitrogens with zero attached hydrogens (tertiary/aromatic N) is 3. The van der Waals surface area contributed by atoms with Gasteiger partial charge < -0.3 is 4.74 Å². The molecule has 21 heavy (non-hydrogen) atoms. The second kappa shape index (κ2) is 6.28. The lowest BCUT2D eigenvalue weighted by Crippen LogP contribution is -1.95. The fourth-order valence-electron chi connectivity index (χ4n) is 1.85. The Kier molecular flexibility index (Phi) is 4.22. The van der Waals surface area contributed by atoms with Crippen LogP contribution in [0.5, 0.6) is 11.8 Å². The van der Waals surface area contributed by atoms with Gasteiger partial charge in [-0.25, -0.2) is 4.68 Å². The SMILES string of the molecule is Clc1ccc(Oc2ncn(-c3ccccc3)n2)c(CBr)c1. The van der Waals surface area contributed by atoms with Crippen LogP contribution in [0, 0.1) is 0 Å². The molecule has 0 fully saturated rings. The number of aromatic nitrogens is 3. The van der Waals surface area contributed by atoms with Crippen molar-refractivity contribution >= 4 is 27.5 Å². The fraction of sp³-hybridized carbons (Fsp3) is 0.0667. The van der Waals surface area contributed by atoms with Crippen LogP contribution in [0.3, 0.4) is 0 Å². The first-order valence-electron chi connectivity index (χ1n) is 6.25. The molecule has 4 nitrogen and oxygen atoms in total. The van der Waals surface area contributed by atoms with Crippen LogP contribution >= 0.6 is 27.5 Å². The predicted molar refractivity (Wildman–Crippen MR) is 85.5 cm³/mol. The van der Waals surface area contributed by atoms with Gasteiger partial charge in [0.2, 0.25) is 0 Å². The van der Waals surface area contributed by atoms with Gasteiger partial charge in [0.15, 0.2) is 0 Å². The maximum absolute atomic E-state index is 5.97. The Balaban J connectivity index is 1.85. The Labute approximate surface area is 135 Å². The minimum atomic E-state index is 0.295. The lowest BCUT2D eigenvalue weighted by Gasteiger charge is -2.06. The van der Waals surface area contributed by atoms with Crippen LogP contribution in [-0.4, -0.2) is 14.8 Å². The lowest BCUT2D eigenvalue weighted by molar-refractivity contribution is 0.438. The third-order valence-electron chi connectivity index (χ3n) is 2.86. The molecular weight excluding hydrogens is 354 g/mol. The molecule has 6 heteroatoms. The third-order valence-corrected chi connectivity index (χ3v) is 3.70. The topological polar surface area (TPSA) is 39.9 Å². The van der Waals surface area contributed by atoms with Crippen molar-refractivity contribution in [2.75, 3.05) is 0 Å². The van der Waals surface area contributed by atoms with Crippen molar-refractivity contribution in [2.24, 2.45) is 0 Å². The van der Waals surface area contributed by atoms with E-state index in [2.05, 4.69) is 26.0 Å². The molecule has 1 aromatic heterocycles. The highest BCUT2D eigenvalue weighted by atomic mass is 79.9. The summed E-state index contributed by atoms with van der Waals surface area (Å²) in [5.41, 5.74) is 1.87. The van der Waals surface area contributed by atoms with Crippen LogP contribution in [-0.2, 0) is 5.33 Å². The van der Waals surface area contributed by atoms with E-state index in [-0.39, 0.29) is 0 Å². The maximum Gasteiger partial charge on any atom is 0.341 e. The number of ether oxygens (including phenoxy) is 1. The van der Waals surface area contributed by atoms with E-state index in [4.69, 9.17) is 16.3 Å². The Hall–Kier alpha value is -1.85. The van der Waals surface area contributed by atoms with E-state index in [0.717, 1.165) is 11.3 Å². The molecule has 106 valence electrons. The summed E-state index contributed by atoms with van der Waals surface area (Å²) < 4.78 is 7.39. The minimum absolute atomic E-state index is 0.295. The molecule has 0 saturated heterocycles. The zero-order valence-electron chi connectivity index (χ0n) is 10.9. The molecule has 1 heterocycles. The first-order chi connectivity index (χ1) is 10.3. The monoisotopic (exact) mass is 363 g/mol. The summed E-state index contributed by atoms with van der Waals surface area (Å²) in [6.07, 6.45) is 1.62. The van der Waals surface area contributed by atoms with Crippen molar-refractivity contribution in [3.8, 4) is 17.4 Å². The maximum atomic E-state index is 5.97. The predicted octanol–water partition coefficient (Wildman–Crippen LogP) is 4.61. The van der Waals surface area contributed by atoms with Gasteiger partial charge in [0.05, 0.1) is 5.69 Å². The van der Waals surface area contributed by atoms with Gasteiger partial charge in [-0.1, -0.05) is 45.7 Å². The van der Waals surface area contributed by atoms with Gasteiger partial charge >= 0.3 is 6.01 Å². The molecule has 0 atom stereocenters. The van der Waals surface area contributed by atoms with E-state index in [0.29, 0.717) is 22.1 Å². The van der Waals surface area contributed by atoms with Crippen molar-refractivity contribution in [1.29, 1.82) is 0 Å². The molecule has 0 aliphatic heterocycles. The number of benzene rings is 2. The molecule has 0 spiro atoms. The molecule has 2 aromatic carbocycles. The van der Waals surface area contributed by atoms with Crippen molar-refractivity contribution in [3.05, 3.63) is 65.4 Å². The van der Waals surface area contributed by atoms with Crippen molar-refractivity contribution in [3.63, 3.8) is 0 Å². The van der Waals surface area contributed by atoms with Gasteiger partial charge in [-0.3, -0.25) is 0 Å². The highest BCUT2D eigenvalue weighted by Crippen LogP contribution is 2.28. The summed E-state index contributed by atoms with van der Waals surface area (Å²) in [5.74, 6) is 0.682. The van der Waals surface area contributed by atoms with E-state index < -0.39 is 0 Å². The van der Waals surface area contributed by atoms with Crippen LogP contribution < -0.4 is 4.74 Å². The van der Waals surface area contributed by atoms with Crippen LogP contribution in [0.1, 0.15) is 5.56 Å². The van der Waals surface area contributed by atoms with Crippen LogP contribution in [0.15, 0.2) is 54.9 Å². The van der Waals surface area contributed by atoms with E-state index in [1.807, 2.05) is 42.5 Å². The van der Waals surface area contributed by atoms with Gasteiger partial charge in [0, 0.05) is 15.9 Å². The number of hydrogen-bond donors (Lipinski definition) is 0. The van der Waals surface area contributed by atoms with Crippen molar-refractivity contribution in [1.82, 2.24) is 14.8 Å². The second-order valence-electron chi connectivity index (χ2n) is 4.29. The highest BCUT2D eigenvalue weighted by molar-refractivity contribution is 9.08. The Morgan fingerprint density at radius 2 is 1.95 bits per heavy atom. The lowest BCUT2D eigenvalue weighted by atomic mass is 10.2. The van der Waals surface area contributed by atoms with Gasteiger partial charge in [-0.15, -0.1) is 5.10 Å². The molecule has 0 bridgehead atoms. The van der Waals surface area contributed by atoms with Gasteiger partial charge in [0.1, 0.15) is 12.1 Å². The molecule has 0 saturated carbocycles. The normalized spacial score (nSPS) is 10.6. The highest BCUT2D eigenvalue weighted by Gasteiger charge is 2.09. The minimum Gasteiger partial charge on any atom is -0.423 e. The number of alkyl halides is 1. The first-order valence-corrected chi connectivity index (χ1v) is 7.75. The molecule has 0 amide bonds. The Bertz CT molecular complexity index is 746. The molecule has 0 N–H and O–H groups in total. The standard InChI is InChI=1S/C15H11BrClN3O/c16-9-11-8-12(17)6-7-14(11)21-15-18-10-20(19-15)13-4-2-1-3-5-13/h1-8,10H,9H2. The molecule has 0 aliphatic carbocycles. The van der Waals surface area contributed by atoms with Crippen LogP contribution in [0.25, 0.3) is 5.69 Å². The molecular formula is C15H11BrClN3O. The average Bonchev–Trinajstić information content (AvgIpc) is 2.98. The molecule has 0 aliphatic rings. The van der Waals surface area contributed by atoms with Crippen molar-refractivity contribution < 1.29 is 4.74 Å². The number of halogens is 2. The zero-order valence-corrected chi connectivity index (χ0v) is 13.3. The van der Waals surface area contributed by atoms with Gasteiger partial charge in [-0.05, 0) is 30.3 Å². The molecule has 0 radical (unpaired) electrons. The summed E-state index contributed by atoms with van der Waals surface area (Å²) in [4.78, 5) is 4.17. The number of hydrogen-bond acceptors (Lipinski definition) is 3. The number of para-hydroxylation sites is 1. The Morgan fingerprint density at radius 1 is 1.14 bits per heavy atom. The Morgan fingerprint density at radius 3 is 2.71 bits per heavy atom.